The van der Waals surface area contributed by atoms with Gasteiger partial charge in [0, 0.05) is 12.0 Å². The summed E-state index contributed by atoms with van der Waals surface area (Å²) in [6.45, 7) is 7.68. The van der Waals surface area contributed by atoms with E-state index in [4.69, 9.17) is 18.6 Å². The van der Waals surface area contributed by atoms with Crippen LogP contribution in [0.4, 0.5) is 0 Å². The van der Waals surface area contributed by atoms with E-state index in [1.807, 2.05) is 42.5 Å². The lowest BCUT2D eigenvalue weighted by molar-refractivity contribution is -0.185. The van der Waals surface area contributed by atoms with Crippen molar-refractivity contribution in [3.63, 3.8) is 0 Å². The topological polar surface area (TPSA) is 85.7 Å². The van der Waals surface area contributed by atoms with E-state index >= 15 is 0 Å². The minimum Gasteiger partial charge on any atom is -0.405 e. The maximum absolute atomic E-state index is 9.19. The highest BCUT2D eigenvalue weighted by Gasteiger charge is 2.51. The van der Waals surface area contributed by atoms with E-state index in [2.05, 4.69) is 79.3 Å². The predicted molar refractivity (Wildman–Crippen MR) is 152 cm³/mol. The third-order valence-electron chi connectivity index (χ3n) is 7.19. The first-order valence-corrected chi connectivity index (χ1v) is 14.9. The highest BCUT2D eigenvalue weighted by molar-refractivity contribution is 6.99. The fraction of sp³-hybridized carbons (Fsp3) is 0.400. The van der Waals surface area contributed by atoms with Crippen molar-refractivity contribution in [2.75, 3.05) is 20.3 Å². The van der Waals surface area contributed by atoms with E-state index in [-0.39, 0.29) is 11.6 Å². The lowest BCUT2D eigenvalue weighted by Crippen LogP contribution is -2.68. The van der Waals surface area contributed by atoms with Crippen molar-refractivity contribution >= 4 is 18.7 Å². The molecule has 3 aromatic rings. The van der Waals surface area contributed by atoms with Crippen molar-refractivity contribution in [3.8, 4) is 0 Å². The molecule has 1 heterocycles. The van der Waals surface area contributed by atoms with Gasteiger partial charge in [-0.05, 0) is 26.5 Å². The molecule has 0 N–H and O–H groups in total. The Bertz CT molecular complexity index is 1140. The first-order chi connectivity index (χ1) is 18.4. The third kappa shape index (κ3) is 6.02. The van der Waals surface area contributed by atoms with Crippen molar-refractivity contribution in [1.82, 2.24) is 0 Å². The lowest BCUT2D eigenvalue weighted by atomic mass is 9.98. The molecule has 0 amide bonds. The SMILES string of the molecule is CO[C@@H]1C(CO[Si](c2ccccc2)(c2ccccc2)C(C)(C)C)OCC(N=[N+]=[N-])[C@H]1OCc1ccccc1. The molecule has 3 aromatic carbocycles. The molecule has 0 aromatic heterocycles. The van der Waals surface area contributed by atoms with Crippen molar-refractivity contribution in [3.05, 3.63) is 107 Å². The second-order valence-corrected chi connectivity index (χ2v) is 14.9. The first kappa shape index (κ1) is 28.0. The van der Waals surface area contributed by atoms with Crippen LogP contribution >= 0.6 is 0 Å². The van der Waals surface area contributed by atoms with Crippen LogP contribution in [0.1, 0.15) is 26.3 Å². The van der Waals surface area contributed by atoms with Crippen molar-refractivity contribution < 1.29 is 18.6 Å². The predicted octanol–water partition coefficient (Wildman–Crippen LogP) is 5.24. The second kappa shape index (κ2) is 12.7. The molecule has 4 rings (SSSR count). The molecule has 200 valence electrons. The van der Waals surface area contributed by atoms with Gasteiger partial charge in [-0.25, -0.2) is 0 Å². The Hall–Kier alpha value is -2.97. The van der Waals surface area contributed by atoms with Gasteiger partial charge in [-0.15, -0.1) is 0 Å². The summed E-state index contributed by atoms with van der Waals surface area (Å²) in [5.41, 5.74) is 10.2. The van der Waals surface area contributed by atoms with Gasteiger partial charge >= 0.3 is 0 Å². The van der Waals surface area contributed by atoms with Gasteiger partial charge in [-0.2, -0.15) is 0 Å². The normalized spacial score (nSPS) is 22.0. The largest absolute Gasteiger partial charge is 0.405 e. The van der Waals surface area contributed by atoms with Crippen LogP contribution in [0.5, 0.6) is 0 Å². The number of nitrogens with zero attached hydrogens (tertiary/aromatic N) is 3. The van der Waals surface area contributed by atoms with Crippen molar-refractivity contribution in [2.24, 2.45) is 5.11 Å². The Labute approximate surface area is 226 Å². The van der Waals surface area contributed by atoms with Gasteiger partial charge in [-0.1, -0.05) is 117 Å². The molecular formula is C30H37N3O4Si. The average molecular weight is 532 g/mol. The molecule has 1 aliphatic heterocycles. The highest BCUT2D eigenvalue weighted by atomic mass is 28.4. The highest BCUT2D eigenvalue weighted by Crippen LogP contribution is 2.37. The number of rotatable bonds is 10. The Morgan fingerprint density at radius 2 is 1.45 bits per heavy atom. The maximum atomic E-state index is 9.19. The Morgan fingerprint density at radius 3 is 1.95 bits per heavy atom. The van der Waals surface area contributed by atoms with Gasteiger partial charge in [0.1, 0.15) is 12.2 Å². The summed E-state index contributed by atoms with van der Waals surface area (Å²) < 4.78 is 25.6. The molecular weight excluding hydrogens is 494 g/mol. The van der Waals surface area contributed by atoms with Crippen LogP contribution in [0, 0.1) is 0 Å². The van der Waals surface area contributed by atoms with Crippen LogP contribution in [-0.2, 0) is 25.2 Å². The second-order valence-electron chi connectivity index (χ2n) is 10.6. The van der Waals surface area contributed by atoms with Gasteiger partial charge in [0.15, 0.2) is 0 Å². The number of methoxy groups -OCH3 is 1. The van der Waals surface area contributed by atoms with E-state index in [9.17, 15) is 5.53 Å². The van der Waals surface area contributed by atoms with Crippen LogP contribution in [0.15, 0.2) is 96.1 Å². The first-order valence-electron chi connectivity index (χ1n) is 13.0. The number of benzene rings is 3. The number of ether oxygens (including phenoxy) is 3. The van der Waals surface area contributed by atoms with Gasteiger partial charge < -0.3 is 18.6 Å². The van der Waals surface area contributed by atoms with E-state index in [1.165, 1.54) is 10.4 Å². The van der Waals surface area contributed by atoms with Crippen molar-refractivity contribution in [1.29, 1.82) is 0 Å². The van der Waals surface area contributed by atoms with Crippen LogP contribution in [0.25, 0.3) is 10.4 Å². The number of hydrogen-bond acceptors (Lipinski definition) is 5. The molecule has 0 radical (unpaired) electrons. The van der Waals surface area contributed by atoms with Crippen molar-refractivity contribution in [2.45, 2.75) is 56.8 Å². The van der Waals surface area contributed by atoms with Crippen LogP contribution < -0.4 is 10.4 Å². The summed E-state index contributed by atoms with van der Waals surface area (Å²) in [5, 5.41) is 6.21. The fourth-order valence-corrected chi connectivity index (χ4v) is 9.95. The van der Waals surface area contributed by atoms with Crippen LogP contribution in [-0.4, -0.2) is 53.0 Å². The van der Waals surface area contributed by atoms with Crippen LogP contribution in [0.3, 0.4) is 0 Å². The molecule has 8 heteroatoms. The average Bonchev–Trinajstić information content (AvgIpc) is 2.94. The molecule has 1 fully saturated rings. The van der Waals surface area contributed by atoms with E-state index in [1.54, 1.807) is 7.11 Å². The molecule has 1 aliphatic rings. The van der Waals surface area contributed by atoms with Gasteiger partial charge in [0.2, 0.25) is 0 Å². The smallest absolute Gasteiger partial charge is 0.261 e. The monoisotopic (exact) mass is 531 g/mol. The van der Waals surface area contributed by atoms with Crippen LogP contribution in [0.2, 0.25) is 5.04 Å². The lowest BCUT2D eigenvalue weighted by Gasteiger charge is -2.45. The Morgan fingerprint density at radius 1 is 0.895 bits per heavy atom. The Kier molecular flexibility index (Phi) is 9.38. The summed E-state index contributed by atoms with van der Waals surface area (Å²) >= 11 is 0. The summed E-state index contributed by atoms with van der Waals surface area (Å²) in [7, 11) is -1.12. The minimum absolute atomic E-state index is 0.163. The summed E-state index contributed by atoms with van der Waals surface area (Å²) in [5.74, 6) is 0. The zero-order valence-corrected chi connectivity index (χ0v) is 23.6. The molecule has 7 nitrogen and oxygen atoms in total. The molecule has 0 saturated carbocycles. The zero-order chi connectivity index (χ0) is 27.0. The summed E-state index contributed by atoms with van der Waals surface area (Å²) in [6, 6.07) is 30.5. The molecule has 0 aliphatic carbocycles. The van der Waals surface area contributed by atoms with E-state index < -0.39 is 32.7 Å². The zero-order valence-electron chi connectivity index (χ0n) is 22.6. The number of hydrogen-bond donors (Lipinski definition) is 0. The third-order valence-corrected chi connectivity index (χ3v) is 12.2. The fourth-order valence-electron chi connectivity index (χ4n) is 5.38. The maximum Gasteiger partial charge on any atom is 0.261 e. The molecule has 38 heavy (non-hydrogen) atoms. The molecule has 0 bridgehead atoms. The van der Waals surface area contributed by atoms with Gasteiger partial charge in [0.25, 0.3) is 8.32 Å². The van der Waals surface area contributed by atoms with E-state index in [0.717, 1.165) is 5.56 Å². The number of azide groups is 1. The van der Waals surface area contributed by atoms with Gasteiger partial charge in [0.05, 0.1) is 32.0 Å². The molecule has 4 atom stereocenters. The summed E-state index contributed by atoms with van der Waals surface area (Å²) in [6.07, 6.45) is -1.34. The quantitative estimate of drug-likeness (QED) is 0.155. The van der Waals surface area contributed by atoms with Gasteiger partial charge in [-0.3, -0.25) is 0 Å². The standard InChI is InChI=1S/C30H37N3O4Si/c1-30(2,3)38(24-16-10-6-11-17-24,25-18-12-7-13-19-25)37-22-27-29(34-4)28(26(21-35-27)32-33-31)36-20-23-14-8-5-9-15-23/h5-19,26-29H,20-22H2,1-4H3/t26?,27?,28-,29-/m1/s1. The molecule has 1 saturated heterocycles. The molecule has 0 spiro atoms. The molecule has 2 unspecified atom stereocenters. The Balaban J connectivity index is 1.64. The minimum atomic E-state index is -2.76. The summed E-state index contributed by atoms with van der Waals surface area (Å²) in [4.78, 5) is 3.04. The van der Waals surface area contributed by atoms with E-state index in [0.29, 0.717) is 13.2 Å².